The minimum Gasteiger partial charge on any atom is -0.481 e. The van der Waals surface area contributed by atoms with E-state index in [0.717, 1.165) is 30.4 Å². The van der Waals surface area contributed by atoms with Gasteiger partial charge in [-0.1, -0.05) is 130 Å². The summed E-state index contributed by atoms with van der Waals surface area (Å²) in [5, 5.41) is 11.2. The van der Waals surface area contributed by atoms with E-state index in [1.807, 2.05) is 60.7 Å². The van der Waals surface area contributed by atoms with Crippen molar-refractivity contribution in [3.63, 3.8) is 0 Å². The summed E-state index contributed by atoms with van der Waals surface area (Å²) in [6, 6.07) is 17.9. The molecule has 0 aliphatic rings. The standard InChI is InChI=1S/C30H39NO6.C18H35ClO.C9H16O4/c1-6-36-29(35)25(19-23-15-11-8-12-16-23)31-28(34)24(18-22-13-9-7-10-14-22)20-26(32)21(2)17-27(33)37-30(3,4)5;1-13(11-17(3,4)5)9-10-15(16(19)20)14(2)12-18(6,7)8;1-6(8(11)12)5-7(10)13-9(2,3)4/h7-16,21,24-25H,6,17-20H2,1-5H3,(H,31,34);13-15H,9-12H2,1-8H3;6H,5H2,1-4H3,(H,11,12)/t21-,24+,25-;;6-/m0.0/s1. The number of carboxylic acids is 1. The van der Waals surface area contributed by atoms with E-state index < -0.39 is 64.8 Å². The first-order chi connectivity index (χ1) is 32.0. The molecule has 70 heavy (non-hydrogen) atoms. The van der Waals surface area contributed by atoms with Gasteiger partial charge >= 0.3 is 23.9 Å². The van der Waals surface area contributed by atoms with Crippen molar-refractivity contribution in [1.29, 1.82) is 0 Å². The van der Waals surface area contributed by atoms with Crippen LogP contribution in [0.3, 0.4) is 0 Å². The Kier molecular flexibility index (Phi) is 29.0. The molecule has 0 radical (unpaired) electrons. The number of aliphatic carboxylic acids is 1. The number of carbonyl (C=O) groups is 7. The smallest absolute Gasteiger partial charge is 0.328 e. The molecule has 2 aromatic rings. The van der Waals surface area contributed by atoms with Gasteiger partial charge in [0.2, 0.25) is 11.1 Å². The lowest BCUT2D eigenvalue weighted by Crippen LogP contribution is -2.46. The van der Waals surface area contributed by atoms with Gasteiger partial charge in [-0.15, -0.1) is 0 Å². The lowest BCUT2D eigenvalue weighted by atomic mass is 9.76. The number of rotatable bonds is 23. The van der Waals surface area contributed by atoms with Gasteiger partial charge in [-0.2, -0.15) is 0 Å². The lowest BCUT2D eigenvalue weighted by molar-refractivity contribution is -0.159. The fourth-order valence-corrected chi connectivity index (χ4v) is 8.31. The second-order valence-electron chi connectivity index (χ2n) is 23.4. The fourth-order valence-electron chi connectivity index (χ4n) is 7.98. The molecule has 0 aromatic heterocycles. The molecule has 396 valence electrons. The molecular weight excluding hydrogens is 910 g/mol. The summed E-state index contributed by atoms with van der Waals surface area (Å²) >= 11 is 5.85. The highest BCUT2D eigenvalue weighted by Gasteiger charge is 2.32. The first-order valence-electron chi connectivity index (χ1n) is 25.0. The number of amides is 1. The Morgan fingerprint density at radius 1 is 0.614 bits per heavy atom. The number of nitrogens with one attached hydrogen (secondary N) is 1. The van der Waals surface area contributed by atoms with E-state index in [9.17, 15) is 33.6 Å². The second kappa shape index (κ2) is 31.0. The predicted octanol–water partition coefficient (Wildman–Crippen LogP) is 12.2. The maximum absolute atomic E-state index is 13.5. The summed E-state index contributed by atoms with van der Waals surface area (Å²) in [4.78, 5) is 84.7. The maximum Gasteiger partial charge on any atom is 0.328 e. The van der Waals surface area contributed by atoms with Gasteiger partial charge in [0.1, 0.15) is 23.0 Å². The molecule has 0 saturated carbocycles. The molecular formula is C57H90ClNO11. The number of benzene rings is 2. The minimum absolute atomic E-state index is 0.0123. The number of Topliss-reactive ketones (excluding diaryl/α,β-unsaturated/α-hetero) is 1. The van der Waals surface area contributed by atoms with Crippen molar-refractivity contribution in [2.45, 2.75) is 193 Å². The van der Waals surface area contributed by atoms with Crippen molar-refractivity contribution in [2.24, 2.45) is 46.3 Å². The number of ether oxygens (including phenoxy) is 3. The first kappa shape index (κ1) is 65.4. The number of halogens is 1. The summed E-state index contributed by atoms with van der Waals surface area (Å²) in [5.41, 5.74) is 1.19. The number of carboxylic acid groups (broad SMARTS) is 1. The monoisotopic (exact) mass is 1000 g/mol. The molecule has 1 amide bonds. The van der Waals surface area contributed by atoms with Gasteiger partial charge in [-0.25, -0.2) is 4.79 Å². The Balaban J connectivity index is 0.00000120. The van der Waals surface area contributed by atoms with Gasteiger partial charge in [-0.05, 0) is 126 Å². The molecule has 2 aromatic carbocycles. The zero-order chi connectivity index (χ0) is 54.2. The quantitative estimate of drug-likeness (QED) is 0.0614. The lowest BCUT2D eigenvalue weighted by Gasteiger charge is -2.29. The van der Waals surface area contributed by atoms with Crippen LogP contribution in [0.2, 0.25) is 0 Å². The third kappa shape index (κ3) is 32.3. The van der Waals surface area contributed by atoms with Crippen LogP contribution in [0.5, 0.6) is 0 Å². The molecule has 0 heterocycles. The van der Waals surface area contributed by atoms with E-state index in [4.69, 9.17) is 30.9 Å². The number of carbonyl (C=O) groups excluding carboxylic acids is 6. The van der Waals surface area contributed by atoms with Gasteiger partial charge in [-0.3, -0.25) is 28.8 Å². The van der Waals surface area contributed by atoms with Gasteiger partial charge in [0, 0.05) is 30.6 Å². The number of ketones is 1. The SMILES string of the molecule is CC(CCC(C(=O)Cl)C(C)CC(C)(C)C)CC(C)(C)C.CCOC(=O)[C@H](Cc1ccccc1)NC(=O)[C@@H](CC(=O)[C@@H](C)CC(=O)OC(C)(C)C)Cc1ccccc1.C[C@@H](CC(=O)OC(C)(C)C)C(=O)O. The van der Waals surface area contributed by atoms with Crippen molar-refractivity contribution in [3.05, 3.63) is 71.8 Å². The van der Waals surface area contributed by atoms with Crippen LogP contribution in [0.15, 0.2) is 60.7 Å². The van der Waals surface area contributed by atoms with Crippen LogP contribution in [0.1, 0.15) is 174 Å². The van der Waals surface area contributed by atoms with Crippen LogP contribution < -0.4 is 5.32 Å². The predicted molar refractivity (Wildman–Crippen MR) is 279 cm³/mol. The molecule has 0 aliphatic heterocycles. The van der Waals surface area contributed by atoms with E-state index >= 15 is 0 Å². The van der Waals surface area contributed by atoms with Gasteiger partial charge < -0.3 is 24.6 Å². The normalized spacial score (nSPS) is 14.8. The summed E-state index contributed by atoms with van der Waals surface area (Å²) in [5.74, 6) is -4.04. The minimum atomic E-state index is -0.981. The topological polar surface area (TPSA) is 179 Å². The molecule has 3 unspecified atom stereocenters. The van der Waals surface area contributed by atoms with Gasteiger partial charge in [0.05, 0.1) is 25.4 Å². The van der Waals surface area contributed by atoms with Crippen molar-refractivity contribution in [2.75, 3.05) is 6.61 Å². The summed E-state index contributed by atoms with van der Waals surface area (Å²) in [7, 11) is 0. The molecule has 0 aliphatic carbocycles. The van der Waals surface area contributed by atoms with Crippen LogP contribution in [0.25, 0.3) is 0 Å². The van der Waals surface area contributed by atoms with E-state index in [-0.39, 0.29) is 54.6 Å². The molecule has 0 bridgehead atoms. The molecule has 0 spiro atoms. The van der Waals surface area contributed by atoms with E-state index in [1.54, 1.807) is 55.4 Å². The van der Waals surface area contributed by atoms with Crippen molar-refractivity contribution in [1.82, 2.24) is 5.32 Å². The summed E-state index contributed by atoms with van der Waals surface area (Å²) in [6.07, 6.45) is 4.65. The summed E-state index contributed by atoms with van der Waals surface area (Å²) in [6.45, 7) is 33.5. The van der Waals surface area contributed by atoms with Crippen LogP contribution in [-0.4, -0.2) is 69.8 Å². The second-order valence-corrected chi connectivity index (χ2v) is 23.8. The Morgan fingerprint density at radius 2 is 1.06 bits per heavy atom. The average Bonchev–Trinajstić information content (AvgIpc) is 3.18. The highest BCUT2D eigenvalue weighted by molar-refractivity contribution is 6.64. The Bertz CT molecular complexity index is 1910. The maximum atomic E-state index is 13.5. The van der Waals surface area contributed by atoms with Gasteiger partial charge in [0.25, 0.3) is 0 Å². The molecule has 0 fully saturated rings. The number of esters is 3. The van der Waals surface area contributed by atoms with Crippen molar-refractivity contribution in [3.8, 4) is 0 Å². The van der Waals surface area contributed by atoms with Crippen LogP contribution in [0, 0.1) is 46.3 Å². The van der Waals surface area contributed by atoms with Gasteiger partial charge in [0.15, 0.2) is 0 Å². The molecule has 13 heteroatoms. The Morgan fingerprint density at radius 3 is 1.46 bits per heavy atom. The molecule has 2 rings (SSSR count). The van der Waals surface area contributed by atoms with E-state index in [2.05, 4.69) is 60.7 Å². The average molecular weight is 1000 g/mol. The van der Waals surface area contributed by atoms with Crippen LogP contribution in [0.4, 0.5) is 0 Å². The largest absolute Gasteiger partial charge is 0.481 e. The zero-order valence-electron chi connectivity index (χ0n) is 45.8. The number of hydrogen-bond acceptors (Lipinski definition) is 10. The molecule has 7 atom stereocenters. The molecule has 12 nitrogen and oxygen atoms in total. The third-order valence-corrected chi connectivity index (χ3v) is 11.2. The highest BCUT2D eigenvalue weighted by atomic mass is 35.5. The van der Waals surface area contributed by atoms with Crippen LogP contribution in [-0.2, 0) is 60.6 Å². The number of hydrogen-bond donors (Lipinski definition) is 2. The van der Waals surface area contributed by atoms with Crippen LogP contribution >= 0.6 is 11.6 Å². The third-order valence-electron chi connectivity index (χ3n) is 10.9. The fraction of sp³-hybridized carbons (Fsp3) is 0.667. The highest BCUT2D eigenvalue weighted by Crippen LogP contribution is 2.34. The zero-order valence-corrected chi connectivity index (χ0v) is 46.5. The first-order valence-corrected chi connectivity index (χ1v) is 25.3. The Labute approximate surface area is 426 Å². The van der Waals surface area contributed by atoms with E-state index in [0.29, 0.717) is 23.7 Å². The molecule has 0 saturated heterocycles. The van der Waals surface area contributed by atoms with Crippen molar-refractivity contribution >= 4 is 52.4 Å². The van der Waals surface area contributed by atoms with E-state index in [1.165, 1.54) is 13.3 Å². The van der Waals surface area contributed by atoms with Crippen molar-refractivity contribution < 1.29 is 52.9 Å². The Hall–Kier alpha value is -4.58. The molecule has 2 N–H and O–H groups in total. The summed E-state index contributed by atoms with van der Waals surface area (Å²) < 4.78 is 15.5.